The third-order valence-electron chi connectivity index (χ3n) is 10.7. The lowest BCUT2D eigenvalue weighted by Crippen LogP contribution is -2.29. The van der Waals surface area contributed by atoms with Crippen LogP contribution in [0.4, 0.5) is 10.1 Å². The Hall–Kier alpha value is -4.99. The highest BCUT2D eigenvalue weighted by Gasteiger charge is 2.30. The summed E-state index contributed by atoms with van der Waals surface area (Å²) in [6.07, 6.45) is 6.29. The van der Waals surface area contributed by atoms with Gasteiger partial charge in [0.15, 0.2) is 0 Å². The fourth-order valence-corrected chi connectivity index (χ4v) is 8.23. The van der Waals surface area contributed by atoms with Crippen molar-refractivity contribution in [3.8, 4) is 21.9 Å². The topological polar surface area (TPSA) is 139 Å². The summed E-state index contributed by atoms with van der Waals surface area (Å²) in [5.41, 5.74) is 7.39. The van der Waals surface area contributed by atoms with Gasteiger partial charge in [-0.15, -0.1) is 11.3 Å². The first-order chi connectivity index (χ1) is 29.4. The minimum Gasteiger partial charge on any atom is -0.491 e. The van der Waals surface area contributed by atoms with E-state index in [1.54, 1.807) is 29.7 Å². The Bertz CT molecular complexity index is 2090. The molecule has 0 bridgehead atoms. The molecule has 12 nitrogen and oxygen atoms in total. The number of benzene rings is 3. The van der Waals surface area contributed by atoms with Gasteiger partial charge >= 0.3 is 0 Å². The number of halogens is 1. The average Bonchev–Trinajstić information content (AvgIpc) is 3.71. The molecular formula is C46H55FN4O8S. The zero-order valence-electron chi connectivity index (χ0n) is 34.4. The molecule has 320 valence electrons. The molecule has 0 aliphatic heterocycles. The van der Waals surface area contributed by atoms with Gasteiger partial charge in [0.1, 0.15) is 30.5 Å². The predicted molar refractivity (Wildman–Crippen MR) is 230 cm³/mol. The molecular weight excluding hydrogens is 788 g/mol. The summed E-state index contributed by atoms with van der Waals surface area (Å²) in [4.78, 5) is 33.8. The number of carbonyl (C=O) groups is 2. The van der Waals surface area contributed by atoms with Crippen LogP contribution >= 0.6 is 11.3 Å². The van der Waals surface area contributed by atoms with Gasteiger partial charge in [0.2, 0.25) is 12.3 Å². The van der Waals surface area contributed by atoms with Crippen LogP contribution in [0, 0.1) is 24.6 Å². The maximum Gasteiger partial charge on any atom is 0.227 e. The van der Waals surface area contributed by atoms with Crippen molar-refractivity contribution in [3.05, 3.63) is 101 Å². The van der Waals surface area contributed by atoms with Crippen LogP contribution in [0.25, 0.3) is 21.3 Å². The first-order valence-corrected chi connectivity index (χ1v) is 21.5. The van der Waals surface area contributed by atoms with Gasteiger partial charge < -0.3 is 39.1 Å². The highest BCUT2D eigenvalue weighted by Crippen LogP contribution is 2.41. The number of aryl methyl sites for hydroxylation is 1. The van der Waals surface area contributed by atoms with Gasteiger partial charge in [0, 0.05) is 35.3 Å². The zero-order chi connectivity index (χ0) is 41.9. The molecule has 5 aromatic rings. The molecule has 60 heavy (non-hydrogen) atoms. The zero-order valence-corrected chi connectivity index (χ0v) is 35.2. The van der Waals surface area contributed by atoms with Crippen LogP contribution in [0.15, 0.2) is 78.4 Å². The Morgan fingerprint density at radius 3 is 2.13 bits per heavy atom. The van der Waals surface area contributed by atoms with Crippen molar-refractivity contribution >= 4 is 40.2 Å². The summed E-state index contributed by atoms with van der Waals surface area (Å²) in [7, 11) is 0. The van der Waals surface area contributed by atoms with Gasteiger partial charge in [-0.25, -0.2) is 9.37 Å². The fourth-order valence-electron chi connectivity index (χ4n) is 7.43. The number of nitrogens with one attached hydrogen (secondary N) is 2. The van der Waals surface area contributed by atoms with Crippen LogP contribution in [0.2, 0.25) is 0 Å². The normalized spacial score (nSPS) is 15.7. The van der Waals surface area contributed by atoms with Crippen molar-refractivity contribution in [1.29, 1.82) is 0 Å². The van der Waals surface area contributed by atoms with Gasteiger partial charge in [0.05, 0.1) is 74.5 Å². The SMILES string of the molecule is Cc1ncsc1-c1ccc(CNC=O)c(OCCOCCOCCOCCOCCOc2ccc(NC(=O)[C@H](C)C3CCC(c4ccnc5ccc(F)cc45)CC3)cc2)c1. The Labute approximate surface area is 355 Å². The lowest BCUT2D eigenvalue weighted by Gasteiger charge is -2.32. The van der Waals surface area contributed by atoms with Crippen LogP contribution < -0.4 is 20.1 Å². The van der Waals surface area contributed by atoms with Gasteiger partial charge in [-0.2, -0.15) is 0 Å². The van der Waals surface area contributed by atoms with Crippen molar-refractivity contribution in [1.82, 2.24) is 15.3 Å². The number of nitrogens with zero attached hydrogens (tertiary/aromatic N) is 2. The molecule has 1 aliphatic carbocycles. The smallest absolute Gasteiger partial charge is 0.227 e. The molecule has 0 unspecified atom stereocenters. The number of fused-ring (bicyclic) bond motifs is 1. The molecule has 2 N–H and O–H groups in total. The van der Waals surface area contributed by atoms with Crippen LogP contribution in [-0.2, 0) is 35.1 Å². The molecule has 1 atom stereocenters. The van der Waals surface area contributed by atoms with Gasteiger partial charge in [0.25, 0.3) is 0 Å². The van der Waals surface area contributed by atoms with E-state index in [0.29, 0.717) is 102 Å². The lowest BCUT2D eigenvalue weighted by atomic mass is 9.73. The number of ether oxygens (including phenoxy) is 6. The summed E-state index contributed by atoms with van der Waals surface area (Å²) in [6, 6.07) is 20.1. The van der Waals surface area contributed by atoms with Crippen LogP contribution in [-0.4, -0.2) is 88.4 Å². The Morgan fingerprint density at radius 1 is 0.817 bits per heavy atom. The lowest BCUT2D eigenvalue weighted by molar-refractivity contribution is -0.121. The second kappa shape index (κ2) is 23.7. The number of amides is 2. The number of anilines is 1. The van der Waals surface area contributed by atoms with E-state index in [0.717, 1.165) is 69.5 Å². The number of hydrogen-bond donors (Lipinski definition) is 2. The highest BCUT2D eigenvalue weighted by molar-refractivity contribution is 7.13. The summed E-state index contributed by atoms with van der Waals surface area (Å²) in [5.74, 6) is 1.67. The van der Waals surface area contributed by atoms with E-state index in [1.165, 1.54) is 6.07 Å². The van der Waals surface area contributed by atoms with E-state index >= 15 is 0 Å². The third kappa shape index (κ3) is 13.3. The minimum atomic E-state index is -0.246. The first-order valence-electron chi connectivity index (χ1n) is 20.6. The van der Waals surface area contributed by atoms with E-state index in [2.05, 4.69) is 20.6 Å². The fraction of sp³-hybridized carbons (Fsp3) is 0.435. The first kappa shape index (κ1) is 44.6. The summed E-state index contributed by atoms with van der Waals surface area (Å²) in [6.45, 7) is 8.59. The van der Waals surface area contributed by atoms with Crippen LogP contribution in [0.3, 0.4) is 0 Å². The largest absolute Gasteiger partial charge is 0.491 e. The highest BCUT2D eigenvalue weighted by atomic mass is 32.1. The monoisotopic (exact) mass is 842 g/mol. The summed E-state index contributed by atoms with van der Waals surface area (Å²) < 4.78 is 48.3. The summed E-state index contributed by atoms with van der Waals surface area (Å²) in [5, 5.41) is 6.65. The molecule has 2 heterocycles. The standard InChI is InChI=1S/C46H55FN4O8S/c1-32(34-3-5-35(6-4-34)41-15-16-49-43-14-9-38(47)28-42(41)43)46(53)51-39-10-12-40(13-11-39)58-25-23-56-21-19-54-17-18-55-20-22-57-24-26-59-44-27-36(45-33(2)50-31-60-45)7-8-37(44)29-48-30-52/h7-16,27-28,30-32,34-35H,3-6,17-26,29H2,1-2H3,(H,48,52)(H,51,53)/t32-,34?,35?/m1/s1. The second-order valence-electron chi connectivity index (χ2n) is 14.7. The second-order valence-corrected chi connectivity index (χ2v) is 15.6. The van der Waals surface area contributed by atoms with E-state index in [9.17, 15) is 14.0 Å². The van der Waals surface area contributed by atoms with Gasteiger partial charge in [-0.1, -0.05) is 19.1 Å². The summed E-state index contributed by atoms with van der Waals surface area (Å²) >= 11 is 1.58. The predicted octanol–water partition coefficient (Wildman–Crippen LogP) is 8.12. The molecule has 1 saturated carbocycles. The number of aromatic nitrogens is 2. The molecule has 3 aromatic carbocycles. The Balaban J connectivity index is 0.754. The van der Waals surface area contributed by atoms with Gasteiger partial charge in [-0.3, -0.25) is 14.6 Å². The molecule has 2 amide bonds. The Morgan fingerprint density at radius 2 is 1.48 bits per heavy atom. The number of carbonyl (C=O) groups excluding carboxylic acids is 2. The van der Waals surface area contributed by atoms with E-state index in [1.807, 2.05) is 67.9 Å². The Kier molecular flexibility index (Phi) is 17.6. The van der Waals surface area contributed by atoms with Crippen LogP contribution in [0.1, 0.15) is 55.3 Å². The van der Waals surface area contributed by atoms with Crippen molar-refractivity contribution < 1.29 is 42.4 Å². The van der Waals surface area contributed by atoms with Crippen LogP contribution in [0.5, 0.6) is 11.5 Å². The molecule has 6 rings (SSSR count). The van der Waals surface area contributed by atoms with Crippen molar-refractivity contribution in [3.63, 3.8) is 0 Å². The molecule has 0 spiro atoms. The molecule has 1 fully saturated rings. The van der Waals surface area contributed by atoms with E-state index in [4.69, 9.17) is 28.4 Å². The molecule has 1 aliphatic rings. The van der Waals surface area contributed by atoms with E-state index in [-0.39, 0.29) is 17.6 Å². The molecule has 14 heteroatoms. The molecule has 0 radical (unpaired) electrons. The molecule has 2 aromatic heterocycles. The van der Waals surface area contributed by atoms with E-state index < -0.39 is 0 Å². The maximum absolute atomic E-state index is 14.0. The van der Waals surface area contributed by atoms with Gasteiger partial charge in [-0.05, 0) is 110 Å². The minimum absolute atomic E-state index is 0.0137. The van der Waals surface area contributed by atoms with Crippen molar-refractivity contribution in [2.75, 3.05) is 71.4 Å². The number of hydrogen-bond acceptors (Lipinski definition) is 11. The van der Waals surface area contributed by atoms with Crippen molar-refractivity contribution in [2.45, 2.75) is 52.0 Å². The number of rotatable bonds is 25. The van der Waals surface area contributed by atoms with Crippen molar-refractivity contribution in [2.24, 2.45) is 11.8 Å². The average molecular weight is 843 g/mol. The third-order valence-corrected chi connectivity index (χ3v) is 11.7. The quantitative estimate of drug-likeness (QED) is 0.0438. The molecule has 0 saturated heterocycles. The number of pyridine rings is 1. The maximum atomic E-state index is 14.0. The number of thiazole rings is 1.